The van der Waals surface area contributed by atoms with Gasteiger partial charge < -0.3 is 4.74 Å². The maximum Gasteiger partial charge on any atom is 0.234 e. The molecule has 2 atom stereocenters. The number of nitrogens with one attached hydrogen (secondary N) is 1. The molecule has 0 radical (unpaired) electrons. The lowest BCUT2D eigenvalue weighted by Crippen LogP contribution is -2.32. The number of benzene rings is 1. The summed E-state index contributed by atoms with van der Waals surface area (Å²) in [7, 11) is -3.64. The van der Waals surface area contributed by atoms with Gasteiger partial charge in [0.15, 0.2) is 0 Å². The number of hydrogen-bond donors (Lipinski definition) is 1. The van der Waals surface area contributed by atoms with Gasteiger partial charge in [0.05, 0.1) is 11.9 Å². The summed E-state index contributed by atoms with van der Waals surface area (Å²) in [5.74, 6) is 0.196. The zero-order valence-electron chi connectivity index (χ0n) is 23.1. The maximum atomic E-state index is 12.6. The first-order valence-corrected chi connectivity index (χ1v) is 15.3. The first kappa shape index (κ1) is 28.7. The Hall–Kier alpha value is -3.31. The highest BCUT2D eigenvalue weighted by molar-refractivity contribution is 7.89. The van der Waals surface area contributed by atoms with Crippen LogP contribution in [0.15, 0.2) is 42.9 Å². The summed E-state index contributed by atoms with van der Waals surface area (Å²) in [5.41, 5.74) is 5.24. The molecule has 1 N–H and O–H groups in total. The van der Waals surface area contributed by atoms with Crippen molar-refractivity contribution in [3.8, 4) is 5.75 Å². The van der Waals surface area contributed by atoms with Gasteiger partial charge in [-0.05, 0) is 61.8 Å². The van der Waals surface area contributed by atoms with Crippen LogP contribution in [-0.4, -0.2) is 58.1 Å². The monoisotopic (exact) mass is 554 g/mol. The van der Waals surface area contributed by atoms with Crippen molar-refractivity contribution in [2.75, 3.05) is 12.8 Å². The summed E-state index contributed by atoms with van der Waals surface area (Å²) in [6.07, 6.45) is 8.85. The average Bonchev–Trinajstić information content (AvgIpc) is 3.27. The predicted molar refractivity (Wildman–Crippen MR) is 149 cm³/mol. The Bertz CT molecular complexity index is 1390. The summed E-state index contributed by atoms with van der Waals surface area (Å²) < 4.78 is 33.5. The molecule has 11 heteroatoms. The number of carbonyl (C=O) groups is 1. The standard InChI is InChI=1S/C28H38N6O4S/c1-5-26-19-33(17-24-15-29-12-11-27(24)38-26)16-23-13-21(8-7-20(23)3)22(14-28(35)31-39(4,36)37)9-10-25-18-34(6-2)32-30-25/h7-8,11-13,15,18,22,26H,5-6,9-10,14,16-17,19H2,1-4H3,(H,31,35)/t22?,26-/m1/s1. The van der Waals surface area contributed by atoms with E-state index in [1.54, 1.807) is 10.9 Å². The molecule has 0 aliphatic carbocycles. The van der Waals surface area contributed by atoms with Crippen molar-refractivity contribution in [1.29, 1.82) is 0 Å². The van der Waals surface area contributed by atoms with Gasteiger partial charge in [-0.25, -0.2) is 8.42 Å². The Labute approximate surface area is 230 Å². The maximum absolute atomic E-state index is 12.6. The van der Waals surface area contributed by atoms with Gasteiger partial charge in [0, 0.05) is 56.8 Å². The van der Waals surface area contributed by atoms with Crippen LogP contribution < -0.4 is 9.46 Å². The van der Waals surface area contributed by atoms with Crippen LogP contribution in [0.25, 0.3) is 0 Å². The van der Waals surface area contributed by atoms with Crippen molar-refractivity contribution < 1.29 is 17.9 Å². The highest BCUT2D eigenvalue weighted by atomic mass is 32.2. The van der Waals surface area contributed by atoms with E-state index in [2.05, 4.69) is 50.9 Å². The molecule has 210 valence electrons. The second kappa shape index (κ2) is 12.7. The second-order valence-corrected chi connectivity index (χ2v) is 12.0. The van der Waals surface area contributed by atoms with Gasteiger partial charge in [-0.2, -0.15) is 0 Å². The third kappa shape index (κ3) is 8.09. The van der Waals surface area contributed by atoms with Crippen LogP contribution in [-0.2, 0) is 40.9 Å². The Morgan fingerprint density at radius 1 is 1.26 bits per heavy atom. The van der Waals surface area contributed by atoms with Crippen LogP contribution in [0.4, 0.5) is 0 Å². The van der Waals surface area contributed by atoms with Crippen molar-refractivity contribution in [2.24, 2.45) is 0 Å². The summed E-state index contributed by atoms with van der Waals surface area (Å²) >= 11 is 0. The molecule has 39 heavy (non-hydrogen) atoms. The number of ether oxygens (including phenoxy) is 1. The smallest absolute Gasteiger partial charge is 0.234 e. The lowest BCUT2D eigenvalue weighted by atomic mass is 9.88. The molecule has 3 aromatic rings. The quantitative estimate of drug-likeness (QED) is 0.383. The summed E-state index contributed by atoms with van der Waals surface area (Å²) in [6.45, 7) is 9.20. The molecule has 10 nitrogen and oxygen atoms in total. The molecular weight excluding hydrogens is 516 g/mol. The fourth-order valence-corrected chi connectivity index (χ4v) is 5.43. The van der Waals surface area contributed by atoms with E-state index in [1.807, 2.05) is 31.5 Å². The Morgan fingerprint density at radius 3 is 2.79 bits per heavy atom. The number of sulfonamides is 1. The van der Waals surface area contributed by atoms with Crippen LogP contribution in [0.1, 0.15) is 67.0 Å². The Morgan fingerprint density at radius 2 is 2.08 bits per heavy atom. The molecule has 0 spiro atoms. The van der Waals surface area contributed by atoms with Gasteiger partial charge >= 0.3 is 0 Å². The molecule has 1 unspecified atom stereocenters. The van der Waals surface area contributed by atoms with E-state index in [0.29, 0.717) is 12.8 Å². The van der Waals surface area contributed by atoms with E-state index in [1.165, 1.54) is 5.56 Å². The third-order valence-electron chi connectivity index (χ3n) is 7.09. The lowest BCUT2D eigenvalue weighted by molar-refractivity contribution is -0.119. The molecule has 0 bridgehead atoms. The van der Waals surface area contributed by atoms with Crippen molar-refractivity contribution in [3.05, 3.63) is 70.8 Å². The predicted octanol–water partition coefficient (Wildman–Crippen LogP) is 3.36. The number of pyridine rings is 1. The summed E-state index contributed by atoms with van der Waals surface area (Å²) in [6, 6.07) is 8.21. The lowest BCUT2D eigenvalue weighted by Gasteiger charge is -2.25. The minimum Gasteiger partial charge on any atom is -0.489 e. The Balaban J connectivity index is 1.57. The van der Waals surface area contributed by atoms with E-state index < -0.39 is 15.9 Å². The molecule has 0 saturated carbocycles. The molecular formula is C28H38N6O4S. The van der Waals surface area contributed by atoms with Crippen LogP contribution in [0, 0.1) is 6.92 Å². The van der Waals surface area contributed by atoms with E-state index in [4.69, 9.17) is 4.74 Å². The van der Waals surface area contributed by atoms with Crippen molar-refractivity contribution in [2.45, 2.75) is 78.1 Å². The molecule has 1 amide bonds. The zero-order valence-corrected chi connectivity index (χ0v) is 23.9. The molecule has 2 aromatic heterocycles. The minimum atomic E-state index is -3.64. The van der Waals surface area contributed by atoms with E-state index in [-0.39, 0.29) is 18.4 Å². The normalized spacial score (nSPS) is 16.7. The second-order valence-electron chi connectivity index (χ2n) is 10.3. The number of aryl methyl sites for hydroxylation is 3. The van der Waals surface area contributed by atoms with Crippen molar-refractivity contribution >= 4 is 15.9 Å². The van der Waals surface area contributed by atoms with Gasteiger partial charge in [-0.3, -0.25) is 24.1 Å². The van der Waals surface area contributed by atoms with E-state index in [0.717, 1.165) is 67.0 Å². The number of nitrogens with zero attached hydrogens (tertiary/aromatic N) is 5. The van der Waals surface area contributed by atoms with E-state index >= 15 is 0 Å². The number of hydrogen-bond acceptors (Lipinski definition) is 8. The van der Waals surface area contributed by atoms with E-state index in [9.17, 15) is 13.2 Å². The van der Waals surface area contributed by atoms with Gasteiger partial charge in [-0.1, -0.05) is 30.3 Å². The summed E-state index contributed by atoms with van der Waals surface area (Å²) in [4.78, 5) is 19.3. The molecule has 1 aliphatic rings. The zero-order chi connectivity index (χ0) is 28.0. The topological polar surface area (TPSA) is 119 Å². The molecule has 1 aromatic carbocycles. The van der Waals surface area contributed by atoms with Gasteiger partial charge in [-0.15, -0.1) is 5.10 Å². The van der Waals surface area contributed by atoms with Gasteiger partial charge in [0.25, 0.3) is 0 Å². The molecule has 3 heterocycles. The minimum absolute atomic E-state index is 0.0615. The first-order chi connectivity index (χ1) is 18.6. The number of carbonyl (C=O) groups excluding carboxylic acids is 1. The molecule has 0 fully saturated rings. The first-order valence-electron chi connectivity index (χ1n) is 13.4. The average molecular weight is 555 g/mol. The van der Waals surface area contributed by atoms with Crippen LogP contribution >= 0.6 is 0 Å². The largest absolute Gasteiger partial charge is 0.489 e. The Kier molecular flexibility index (Phi) is 9.34. The van der Waals surface area contributed by atoms with Crippen molar-refractivity contribution in [3.63, 3.8) is 0 Å². The number of aromatic nitrogens is 4. The molecule has 4 rings (SSSR count). The van der Waals surface area contributed by atoms with Crippen LogP contribution in [0.3, 0.4) is 0 Å². The SMILES string of the molecule is CC[C@@H]1CN(Cc2cc(C(CCc3cn(CC)nn3)CC(=O)NS(C)(=O)=O)ccc2C)Cc2cnccc2O1. The fraction of sp³-hybridized carbons (Fsp3) is 0.500. The summed E-state index contributed by atoms with van der Waals surface area (Å²) in [5, 5.41) is 8.35. The van der Waals surface area contributed by atoms with Crippen LogP contribution in [0.2, 0.25) is 0 Å². The number of amides is 1. The highest BCUT2D eigenvalue weighted by Crippen LogP contribution is 2.30. The molecule has 1 aliphatic heterocycles. The number of rotatable bonds is 11. The van der Waals surface area contributed by atoms with Crippen LogP contribution in [0.5, 0.6) is 5.75 Å². The third-order valence-corrected chi connectivity index (χ3v) is 7.69. The van der Waals surface area contributed by atoms with Crippen molar-refractivity contribution in [1.82, 2.24) is 29.6 Å². The van der Waals surface area contributed by atoms with Gasteiger partial charge in [0.1, 0.15) is 11.9 Å². The molecule has 0 saturated heterocycles. The fourth-order valence-electron chi connectivity index (χ4n) is 4.94. The van der Waals surface area contributed by atoms with Gasteiger partial charge in [0.2, 0.25) is 15.9 Å². The highest BCUT2D eigenvalue weighted by Gasteiger charge is 2.24. The number of fused-ring (bicyclic) bond motifs is 1.